The van der Waals surface area contributed by atoms with Crippen LogP contribution in [0.25, 0.3) is 0 Å². The molecule has 2 aliphatic rings. The van der Waals surface area contributed by atoms with Gasteiger partial charge in [-0.1, -0.05) is 13.3 Å². The van der Waals surface area contributed by atoms with Gasteiger partial charge in [0, 0.05) is 19.5 Å². The van der Waals surface area contributed by atoms with Gasteiger partial charge in [-0.2, -0.15) is 0 Å². The van der Waals surface area contributed by atoms with Crippen LogP contribution in [-0.4, -0.2) is 18.9 Å². The summed E-state index contributed by atoms with van der Waals surface area (Å²) in [5.74, 6) is 1.27. The molecular formula is C12H22N2. The zero-order chi connectivity index (χ0) is 9.86. The van der Waals surface area contributed by atoms with Gasteiger partial charge in [0.25, 0.3) is 0 Å². The summed E-state index contributed by atoms with van der Waals surface area (Å²) in [6.45, 7) is 4.54. The Labute approximate surface area is 87.2 Å². The standard InChI is InChI=1S/C12H22N2/c1-2-12(7-5-8-12)10-14-11-6-3-4-9-13-11/h2-10H2,1H3,(H,13,14). The Morgan fingerprint density at radius 1 is 1.29 bits per heavy atom. The van der Waals surface area contributed by atoms with Crippen LogP contribution in [0.15, 0.2) is 4.99 Å². The number of aliphatic imine (C=N–C) groups is 1. The van der Waals surface area contributed by atoms with Crippen molar-refractivity contribution in [2.24, 2.45) is 10.4 Å². The molecule has 14 heavy (non-hydrogen) atoms. The minimum atomic E-state index is 0.625. The van der Waals surface area contributed by atoms with Crippen molar-refractivity contribution < 1.29 is 0 Å². The first-order valence-corrected chi connectivity index (χ1v) is 6.12. The van der Waals surface area contributed by atoms with Crippen molar-refractivity contribution in [3.05, 3.63) is 0 Å². The molecule has 0 unspecified atom stereocenters. The van der Waals surface area contributed by atoms with Crippen LogP contribution >= 0.6 is 0 Å². The Morgan fingerprint density at radius 2 is 2.14 bits per heavy atom. The van der Waals surface area contributed by atoms with Gasteiger partial charge in [0.15, 0.2) is 0 Å². The molecule has 0 atom stereocenters. The lowest BCUT2D eigenvalue weighted by atomic mass is 9.67. The monoisotopic (exact) mass is 194 g/mol. The second-order valence-electron chi connectivity index (χ2n) is 4.85. The highest BCUT2D eigenvalue weighted by molar-refractivity contribution is 5.82. The van der Waals surface area contributed by atoms with Crippen molar-refractivity contribution in [2.45, 2.75) is 51.9 Å². The molecular weight excluding hydrogens is 172 g/mol. The molecule has 1 fully saturated rings. The fourth-order valence-electron chi connectivity index (χ4n) is 2.46. The van der Waals surface area contributed by atoms with E-state index in [4.69, 9.17) is 0 Å². The highest BCUT2D eigenvalue weighted by Crippen LogP contribution is 2.43. The molecule has 1 aliphatic carbocycles. The highest BCUT2D eigenvalue weighted by atomic mass is 15.0. The van der Waals surface area contributed by atoms with Gasteiger partial charge >= 0.3 is 0 Å². The van der Waals surface area contributed by atoms with E-state index in [-0.39, 0.29) is 0 Å². The average Bonchev–Trinajstić information content (AvgIpc) is 2.19. The van der Waals surface area contributed by atoms with Crippen LogP contribution < -0.4 is 5.32 Å². The Balaban J connectivity index is 1.78. The van der Waals surface area contributed by atoms with Crippen molar-refractivity contribution in [1.29, 1.82) is 0 Å². The van der Waals surface area contributed by atoms with Crippen LogP contribution in [0.3, 0.4) is 0 Å². The molecule has 0 aromatic heterocycles. The molecule has 0 saturated heterocycles. The maximum Gasteiger partial charge on any atom is 0.0963 e. The lowest BCUT2D eigenvalue weighted by Crippen LogP contribution is -2.42. The third-order valence-electron chi connectivity index (χ3n) is 3.96. The first-order chi connectivity index (χ1) is 6.85. The van der Waals surface area contributed by atoms with E-state index in [0.717, 1.165) is 6.54 Å². The number of nitrogens with zero attached hydrogens (tertiary/aromatic N) is 1. The van der Waals surface area contributed by atoms with Crippen LogP contribution in [0.4, 0.5) is 0 Å². The molecule has 2 heteroatoms. The summed E-state index contributed by atoms with van der Waals surface area (Å²) in [4.78, 5) is 4.53. The molecule has 0 aromatic rings. The normalized spacial score (nSPS) is 25.1. The molecule has 2 rings (SSSR count). The Hall–Kier alpha value is -0.530. The summed E-state index contributed by atoms with van der Waals surface area (Å²) in [6.07, 6.45) is 9.39. The van der Waals surface area contributed by atoms with Crippen molar-refractivity contribution in [3.8, 4) is 0 Å². The average molecular weight is 194 g/mol. The third-order valence-corrected chi connectivity index (χ3v) is 3.96. The van der Waals surface area contributed by atoms with Gasteiger partial charge in [-0.15, -0.1) is 0 Å². The number of amidine groups is 1. The highest BCUT2D eigenvalue weighted by Gasteiger charge is 2.34. The van der Waals surface area contributed by atoms with Crippen LogP contribution in [0.1, 0.15) is 51.9 Å². The van der Waals surface area contributed by atoms with Gasteiger partial charge < -0.3 is 5.32 Å². The van der Waals surface area contributed by atoms with E-state index in [2.05, 4.69) is 17.2 Å². The van der Waals surface area contributed by atoms with Crippen molar-refractivity contribution in [3.63, 3.8) is 0 Å². The van der Waals surface area contributed by atoms with Crippen molar-refractivity contribution in [1.82, 2.24) is 5.32 Å². The summed E-state index contributed by atoms with van der Waals surface area (Å²) >= 11 is 0. The molecule has 1 N–H and O–H groups in total. The summed E-state index contributed by atoms with van der Waals surface area (Å²) in [6, 6.07) is 0. The lowest BCUT2D eigenvalue weighted by molar-refractivity contribution is 0.131. The van der Waals surface area contributed by atoms with Crippen molar-refractivity contribution in [2.75, 3.05) is 13.1 Å². The van der Waals surface area contributed by atoms with E-state index >= 15 is 0 Å². The Bertz CT molecular complexity index is 211. The smallest absolute Gasteiger partial charge is 0.0963 e. The molecule has 0 amide bonds. The lowest BCUT2D eigenvalue weighted by Gasteiger charge is -2.41. The summed E-state index contributed by atoms with van der Waals surface area (Å²) < 4.78 is 0. The van der Waals surface area contributed by atoms with E-state index < -0.39 is 0 Å². The zero-order valence-electron chi connectivity index (χ0n) is 9.31. The number of rotatable bonds is 3. The zero-order valence-corrected chi connectivity index (χ0v) is 9.31. The van der Waals surface area contributed by atoms with Gasteiger partial charge in [0.1, 0.15) is 0 Å². The molecule has 80 valence electrons. The predicted molar refractivity (Wildman–Crippen MR) is 60.7 cm³/mol. The Kier molecular flexibility index (Phi) is 3.09. The molecule has 2 nitrogen and oxygen atoms in total. The summed E-state index contributed by atoms with van der Waals surface area (Å²) in [5.41, 5.74) is 0.625. The van der Waals surface area contributed by atoms with E-state index in [9.17, 15) is 0 Å². The summed E-state index contributed by atoms with van der Waals surface area (Å²) in [5, 5.41) is 3.57. The fraction of sp³-hybridized carbons (Fsp3) is 0.917. The minimum Gasteiger partial charge on any atom is -0.373 e. The molecule has 1 heterocycles. The third kappa shape index (κ3) is 2.10. The van der Waals surface area contributed by atoms with Gasteiger partial charge in [-0.3, -0.25) is 4.99 Å². The van der Waals surface area contributed by atoms with Crippen LogP contribution in [0.5, 0.6) is 0 Å². The molecule has 0 bridgehead atoms. The molecule has 0 spiro atoms. The predicted octanol–water partition coefficient (Wildman–Crippen LogP) is 2.74. The number of nitrogens with one attached hydrogen (secondary N) is 1. The molecule has 0 radical (unpaired) electrons. The SMILES string of the molecule is CCC1(CNC2=NCCCC2)CCC1. The maximum atomic E-state index is 4.53. The first kappa shape index (κ1) is 10.0. The van der Waals surface area contributed by atoms with Gasteiger partial charge in [-0.25, -0.2) is 0 Å². The molecule has 1 aliphatic heterocycles. The van der Waals surface area contributed by atoms with Gasteiger partial charge in [0.2, 0.25) is 0 Å². The van der Waals surface area contributed by atoms with Gasteiger partial charge in [-0.05, 0) is 37.5 Å². The van der Waals surface area contributed by atoms with E-state index in [1.807, 2.05) is 0 Å². The topological polar surface area (TPSA) is 24.4 Å². The first-order valence-electron chi connectivity index (χ1n) is 6.12. The number of hydrogen-bond donors (Lipinski definition) is 1. The van der Waals surface area contributed by atoms with Crippen LogP contribution in [0, 0.1) is 5.41 Å². The fourth-order valence-corrected chi connectivity index (χ4v) is 2.46. The second-order valence-corrected chi connectivity index (χ2v) is 4.85. The van der Waals surface area contributed by atoms with E-state index in [0.29, 0.717) is 5.41 Å². The van der Waals surface area contributed by atoms with E-state index in [1.54, 1.807) is 0 Å². The van der Waals surface area contributed by atoms with Crippen LogP contribution in [-0.2, 0) is 0 Å². The Morgan fingerprint density at radius 3 is 2.64 bits per heavy atom. The van der Waals surface area contributed by atoms with Crippen LogP contribution in [0.2, 0.25) is 0 Å². The minimum absolute atomic E-state index is 0.625. The second kappa shape index (κ2) is 4.33. The number of hydrogen-bond acceptors (Lipinski definition) is 2. The summed E-state index contributed by atoms with van der Waals surface area (Å²) in [7, 11) is 0. The largest absolute Gasteiger partial charge is 0.373 e. The van der Waals surface area contributed by atoms with Crippen molar-refractivity contribution >= 4 is 5.84 Å². The van der Waals surface area contributed by atoms with E-state index in [1.165, 1.54) is 57.3 Å². The molecule has 0 aromatic carbocycles. The quantitative estimate of drug-likeness (QED) is 0.734. The van der Waals surface area contributed by atoms with Gasteiger partial charge in [0.05, 0.1) is 5.84 Å². The maximum absolute atomic E-state index is 4.53. The molecule has 1 saturated carbocycles.